The van der Waals surface area contributed by atoms with Crippen molar-refractivity contribution in [3.63, 3.8) is 0 Å². The first-order chi connectivity index (χ1) is 16.4. The maximum Gasteiger partial charge on any atom is 0.238 e. The average Bonchev–Trinajstić information content (AvgIpc) is 3.15. The molecule has 4 nitrogen and oxygen atoms in total. The van der Waals surface area contributed by atoms with Gasteiger partial charge in [0, 0.05) is 19.0 Å². The number of hydrogen-bond acceptors (Lipinski definition) is 3. The van der Waals surface area contributed by atoms with E-state index in [0.717, 1.165) is 11.1 Å². The summed E-state index contributed by atoms with van der Waals surface area (Å²) in [6.45, 7) is 6.44. The van der Waals surface area contributed by atoms with E-state index in [2.05, 4.69) is 71.9 Å². The van der Waals surface area contributed by atoms with Gasteiger partial charge < -0.3 is 15.7 Å². The molecule has 174 valence electrons. The molecule has 0 saturated carbocycles. The van der Waals surface area contributed by atoms with Gasteiger partial charge in [-0.15, -0.1) is 0 Å². The first kappa shape index (κ1) is 23.8. The topological polar surface area (TPSA) is 61.4 Å². The largest absolute Gasteiger partial charge is 0.390 e. The van der Waals surface area contributed by atoms with Crippen LogP contribution in [0.15, 0.2) is 78.9 Å². The lowest BCUT2D eigenvalue weighted by molar-refractivity contribution is -0.128. The van der Waals surface area contributed by atoms with Gasteiger partial charge in [-0.3, -0.25) is 4.79 Å². The third-order valence-electron chi connectivity index (χ3n) is 6.48. The Labute approximate surface area is 202 Å². The molecule has 4 heteroatoms. The molecule has 34 heavy (non-hydrogen) atoms. The zero-order valence-corrected chi connectivity index (χ0v) is 20.0. The van der Waals surface area contributed by atoms with Crippen LogP contribution in [0.5, 0.6) is 0 Å². The molecular weight excluding hydrogens is 420 g/mol. The Hall–Kier alpha value is -3.39. The molecule has 1 amide bonds. The number of allylic oxidation sites excluding steroid dienone is 1. The van der Waals surface area contributed by atoms with Gasteiger partial charge in [-0.1, -0.05) is 84.6 Å². The summed E-state index contributed by atoms with van der Waals surface area (Å²) in [7, 11) is 0. The number of fused-ring (bicyclic) bond motifs is 2. The van der Waals surface area contributed by atoms with Gasteiger partial charge in [-0.05, 0) is 54.3 Å². The Morgan fingerprint density at radius 1 is 1.12 bits per heavy atom. The van der Waals surface area contributed by atoms with E-state index in [0.29, 0.717) is 13.0 Å². The second-order valence-electron chi connectivity index (χ2n) is 9.42. The Morgan fingerprint density at radius 3 is 2.71 bits per heavy atom. The molecule has 0 saturated heterocycles. The first-order valence-electron chi connectivity index (χ1n) is 11.8. The number of amides is 1. The fraction of sp³-hybridized carbons (Fsp3) is 0.300. The fourth-order valence-electron chi connectivity index (χ4n) is 4.45. The van der Waals surface area contributed by atoms with E-state index in [4.69, 9.17) is 0 Å². The highest BCUT2D eigenvalue weighted by Crippen LogP contribution is 2.32. The van der Waals surface area contributed by atoms with Crippen LogP contribution in [0.2, 0.25) is 0 Å². The highest BCUT2D eigenvalue weighted by molar-refractivity contribution is 5.86. The second-order valence-corrected chi connectivity index (χ2v) is 9.42. The smallest absolute Gasteiger partial charge is 0.238 e. The maximum absolute atomic E-state index is 12.9. The van der Waals surface area contributed by atoms with Gasteiger partial charge >= 0.3 is 0 Å². The number of carbonyl (C=O) groups is 1. The van der Waals surface area contributed by atoms with Crippen molar-refractivity contribution < 1.29 is 9.90 Å². The van der Waals surface area contributed by atoms with Crippen LogP contribution in [-0.2, 0) is 11.2 Å². The molecule has 0 fully saturated rings. The normalized spacial score (nSPS) is 18.4. The summed E-state index contributed by atoms with van der Waals surface area (Å²) in [5.74, 6) is 5.88. The van der Waals surface area contributed by atoms with Crippen LogP contribution in [0.1, 0.15) is 49.5 Å². The highest BCUT2D eigenvalue weighted by Gasteiger charge is 2.35. The van der Waals surface area contributed by atoms with E-state index in [9.17, 15) is 9.90 Å². The van der Waals surface area contributed by atoms with Crippen LogP contribution < -0.4 is 10.6 Å². The predicted molar refractivity (Wildman–Crippen MR) is 138 cm³/mol. The number of carbonyl (C=O) groups excluding carboxylic acids is 1. The number of nitrogens with one attached hydrogen (secondary N) is 2. The van der Waals surface area contributed by atoms with Gasteiger partial charge in [0.25, 0.3) is 0 Å². The lowest BCUT2D eigenvalue weighted by atomic mass is 9.92. The maximum atomic E-state index is 12.9. The minimum absolute atomic E-state index is 0.183. The number of benzene rings is 3. The van der Waals surface area contributed by atoms with E-state index in [1.54, 1.807) is 19.9 Å². The molecule has 0 radical (unpaired) electrons. The molecule has 3 aromatic rings. The summed E-state index contributed by atoms with van der Waals surface area (Å²) >= 11 is 0. The minimum atomic E-state index is -0.870. The Bertz CT molecular complexity index is 1260. The van der Waals surface area contributed by atoms with E-state index in [1.807, 2.05) is 30.3 Å². The quantitative estimate of drug-likeness (QED) is 0.469. The lowest BCUT2D eigenvalue weighted by Gasteiger charge is -2.23. The zero-order valence-electron chi connectivity index (χ0n) is 20.0. The third-order valence-corrected chi connectivity index (χ3v) is 6.48. The molecule has 1 aliphatic rings. The van der Waals surface area contributed by atoms with Crippen LogP contribution in [-0.4, -0.2) is 23.7 Å². The van der Waals surface area contributed by atoms with Crippen molar-refractivity contribution in [1.82, 2.24) is 10.6 Å². The van der Waals surface area contributed by atoms with E-state index >= 15 is 0 Å². The predicted octanol–water partition coefficient (Wildman–Crippen LogP) is 4.85. The lowest BCUT2D eigenvalue weighted by Crippen LogP contribution is -2.41. The van der Waals surface area contributed by atoms with Crippen LogP contribution in [0, 0.1) is 17.3 Å². The zero-order chi connectivity index (χ0) is 24.1. The molecule has 3 aromatic carbocycles. The fourth-order valence-corrected chi connectivity index (χ4v) is 4.45. The SMILES string of the molecule is C[C@@H](NC/C=C/C#CC(C)(C)C(=O)N[C@H]1c2ccccc2C[C@H]1O)c1cccc2ccccc12. The molecule has 0 aliphatic heterocycles. The molecule has 3 N–H and O–H groups in total. The summed E-state index contributed by atoms with van der Waals surface area (Å²) in [4.78, 5) is 12.9. The van der Waals surface area contributed by atoms with Crippen molar-refractivity contribution in [2.75, 3.05) is 6.54 Å². The van der Waals surface area contributed by atoms with Crippen LogP contribution in [0.25, 0.3) is 10.8 Å². The summed E-state index contributed by atoms with van der Waals surface area (Å²) in [6.07, 6.45) is 3.71. The molecule has 0 spiro atoms. The van der Waals surface area contributed by atoms with Crippen molar-refractivity contribution in [3.05, 3.63) is 95.6 Å². The van der Waals surface area contributed by atoms with Crippen molar-refractivity contribution in [2.45, 2.75) is 45.4 Å². The Morgan fingerprint density at radius 2 is 1.85 bits per heavy atom. The number of hydrogen-bond donors (Lipinski definition) is 3. The van der Waals surface area contributed by atoms with E-state index < -0.39 is 11.5 Å². The number of rotatable bonds is 6. The van der Waals surface area contributed by atoms with Gasteiger partial charge in [0.1, 0.15) is 5.41 Å². The number of aliphatic hydroxyl groups is 1. The van der Waals surface area contributed by atoms with Gasteiger partial charge in [-0.2, -0.15) is 0 Å². The van der Waals surface area contributed by atoms with Crippen molar-refractivity contribution in [3.8, 4) is 11.8 Å². The van der Waals surface area contributed by atoms with Gasteiger partial charge in [0.15, 0.2) is 0 Å². The molecule has 0 unspecified atom stereocenters. The van der Waals surface area contributed by atoms with Crippen LogP contribution >= 0.6 is 0 Å². The molecular formula is C30H32N2O2. The Kier molecular flexibility index (Phi) is 7.17. The van der Waals surface area contributed by atoms with Gasteiger partial charge in [0.05, 0.1) is 12.1 Å². The van der Waals surface area contributed by atoms with Crippen molar-refractivity contribution >= 4 is 16.7 Å². The highest BCUT2D eigenvalue weighted by atomic mass is 16.3. The molecule has 1 aliphatic carbocycles. The van der Waals surface area contributed by atoms with Crippen LogP contribution in [0.4, 0.5) is 0 Å². The molecule has 0 aromatic heterocycles. The van der Waals surface area contributed by atoms with Gasteiger partial charge in [-0.25, -0.2) is 0 Å². The van der Waals surface area contributed by atoms with Crippen molar-refractivity contribution in [2.24, 2.45) is 5.41 Å². The summed E-state index contributed by atoms with van der Waals surface area (Å²) in [6, 6.07) is 22.4. The Balaban J connectivity index is 1.32. The molecule has 4 rings (SSSR count). The average molecular weight is 453 g/mol. The molecule has 0 heterocycles. The number of aliphatic hydroxyl groups excluding tert-OH is 1. The van der Waals surface area contributed by atoms with Gasteiger partial charge in [0.2, 0.25) is 5.91 Å². The summed E-state index contributed by atoms with van der Waals surface area (Å²) in [5, 5.41) is 19.4. The standard InChI is InChI=1S/C30H32N2O2/c1-21(24-17-11-14-22-12-5-7-15-25(22)24)31-19-10-4-9-18-30(2,3)29(34)32-28-26-16-8-6-13-23(26)20-27(28)33/h4-8,10-17,21,27-28,31,33H,19-20H2,1-3H3,(H,32,34)/b10-4+/t21-,27-,28+/m1/s1. The van der Waals surface area contributed by atoms with Crippen molar-refractivity contribution in [1.29, 1.82) is 0 Å². The third kappa shape index (κ3) is 5.22. The minimum Gasteiger partial charge on any atom is -0.390 e. The summed E-state index contributed by atoms with van der Waals surface area (Å²) < 4.78 is 0. The first-order valence-corrected chi connectivity index (χ1v) is 11.8. The molecule has 0 bridgehead atoms. The molecule has 3 atom stereocenters. The van der Waals surface area contributed by atoms with Crippen LogP contribution in [0.3, 0.4) is 0 Å². The second kappa shape index (κ2) is 10.3. The monoisotopic (exact) mass is 452 g/mol. The summed E-state index contributed by atoms with van der Waals surface area (Å²) in [5.41, 5.74) is 2.47. The van der Waals surface area contributed by atoms with E-state index in [-0.39, 0.29) is 18.0 Å². The van der Waals surface area contributed by atoms with E-state index in [1.165, 1.54) is 16.3 Å².